The van der Waals surface area contributed by atoms with Crippen LogP contribution in [0.15, 0.2) is 23.5 Å². The molecule has 0 aromatic rings. The van der Waals surface area contributed by atoms with Crippen molar-refractivity contribution in [3.05, 3.63) is 23.5 Å². The summed E-state index contributed by atoms with van der Waals surface area (Å²) in [5, 5.41) is 21.9. The van der Waals surface area contributed by atoms with Gasteiger partial charge in [-0.05, 0) is 45.3 Å². The Bertz CT molecular complexity index is 1190. The number of cyclic esters (lactones) is 1. The average Bonchev–Trinajstić information content (AvgIpc) is 3.41. The quantitative estimate of drug-likeness (QED) is 0.311. The zero-order valence-electron chi connectivity index (χ0n) is 23.6. The van der Waals surface area contributed by atoms with Gasteiger partial charge in [0.15, 0.2) is 5.78 Å². The topological polar surface area (TPSA) is 163 Å². The molecule has 0 radical (unpaired) electrons. The lowest BCUT2D eigenvalue weighted by Gasteiger charge is -2.39. The molecule has 4 aliphatic rings. The van der Waals surface area contributed by atoms with Crippen LogP contribution in [-0.4, -0.2) is 76.3 Å². The van der Waals surface area contributed by atoms with Crippen molar-refractivity contribution in [2.45, 2.75) is 95.5 Å². The minimum absolute atomic E-state index is 0.0344. The van der Waals surface area contributed by atoms with E-state index in [1.165, 1.54) is 19.3 Å². The van der Waals surface area contributed by atoms with Crippen molar-refractivity contribution < 1.29 is 53.1 Å². The lowest BCUT2D eigenvalue weighted by molar-refractivity contribution is -0.164. The molecule has 1 aliphatic carbocycles. The van der Waals surface area contributed by atoms with Gasteiger partial charge < -0.3 is 29.2 Å². The Balaban J connectivity index is 1.61. The molecule has 0 unspecified atom stereocenters. The van der Waals surface area contributed by atoms with Crippen molar-refractivity contribution in [1.82, 2.24) is 0 Å². The second-order valence-corrected chi connectivity index (χ2v) is 12.2. The third-order valence-electron chi connectivity index (χ3n) is 9.17. The molecule has 11 heteroatoms. The van der Waals surface area contributed by atoms with Gasteiger partial charge in [0.2, 0.25) is 0 Å². The molecular weight excluding hydrogens is 524 g/mol. The highest BCUT2D eigenvalue weighted by Gasteiger charge is 2.70. The van der Waals surface area contributed by atoms with Crippen molar-refractivity contribution in [3.8, 4) is 0 Å². The third-order valence-corrected chi connectivity index (χ3v) is 9.17. The molecule has 4 rings (SSSR count). The van der Waals surface area contributed by atoms with Crippen molar-refractivity contribution >= 4 is 29.5 Å². The van der Waals surface area contributed by atoms with Crippen molar-refractivity contribution in [2.24, 2.45) is 17.3 Å². The van der Waals surface area contributed by atoms with Gasteiger partial charge in [-0.1, -0.05) is 13.8 Å². The minimum atomic E-state index is -1.97. The van der Waals surface area contributed by atoms with Gasteiger partial charge >= 0.3 is 17.9 Å². The maximum Gasteiger partial charge on any atom is 0.339 e. The van der Waals surface area contributed by atoms with Crippen LogP contribution in [-0.2, 0) is 42.9 Å². The number of ketones is 2. The summed E-state index contributed by atoms with van der Waals surface area (Å²) in [6, 6.07) is 0. The normalized spacial score (nSPS) is 36.6. The van der Waals surface area contributed by atoms with E-state index in [1.807, 2.05) is 0 Å². The number of Topliss-reactive ketones (excluding diaryl/α,β-unsaturated/α-hetero) is 2. The van der Waals surface area contributed by atoms with Crippen LogP contribution in [0, 0.1) is 17.3 Å². The molecule has 1 saturated carbocycles. The van der Waals surface area contributed by atoms with Crippen LogP contribution in [0.3, 0.4) is 0 Å². The van der Waals surface area contributed by atoms with E-state index < -0.39 is 63.8 Å². The minimum Gasteiger partial charge on any atom is -0.469 e. The molecule has 0 aromatic carbocycles. The summed E-state index contributed by atoms with van der Waals surface area (Å²) in [5.74, 6) is -3.51. The lowest BCUT2D eigenvalue weighted by atomic mass is 9.68. The van der Waals surface area contributed by atoms with Crippen LogP contribution in [0.1, 0.15) is 72.6 Å². The Morgan fingerprint density at radius 2 is 2.00 bits per heavy atom. The average molecular weight is 563 g/mol. The van der Waals surface area contributed by atoms with Gasteiger partial charge in [0.25, 0.3) is 0 Å². The monoisotopic (exact) mass is 562 g/mol. The molecule has 220 valence electrons. The second kappa shape index (κ2) is 10.5. The number of allylic oxidation sites excluding steroid dienone is 2. The van der Waals surface area contributed by atoms with E-state index in [1.54, 1.807) is 27.7 Å². The number of hydrogen-bond acceptors (Lipinski definition) is 11. The van der Waals surface area contributed by atoms with E-state index in [2.05, 4.69) is 0 Å². The zero-order chi connectivity index (χ0) is 29.7. The van der Waals surface area contributed by atoms with E-state index in [4.69, 9.17) is 18.9 Å². The first-order chi connectivity index (χ1) is 18.6. The maximum atomic E-state index is 13.7. The molecule has 0 bridgehead atoms. The number of esters is 3. The molecule has 40 heavy (non-hydrogen) atoms. The Morgan fingerprint density at radius 1 is 1.30 bits per heavy atom. The first-order valence-corrected chi connectivity index (χ1v) is 13.6. The molecule has 0 aromatic heterocycles. The summed E-state index contributed by atoms with van der Waals surface area (Å²) in [5.41, 5.74) is -5.27. The predicted molar refractivity (Wildman–Crippen MR) is 137 cm³/mol. The molecule has 3 heterocycles. The molecule has 3 aliphatic heterocycles. The number of ether oxygens (including phenoxy) is 4. The van der Waals surface area contributed by atoms with E-state index in [0.717, 1.165) is 0 Å². The lowest BCUT2D eigenvalue weighted by Crippen LogP contribution is -2.52. The standard InChI is InChI=1S/C29H38O11/c1-16(10-18-11-17(2)25(35)38-18)24(34)26(3,13-23(33)37-5)8-9-28(36)14-29-19(6-7-20(28)31)27(4,15-30)39-21(29)12-22(32)40-29/h10-11,16,19,21,30,36H,6-9,12-15H2,1-5H3/b18-10-/t16-,19+,21-,26+,27+,28+,29-/m1/s1. The molecule has 2 N–H and O–H groups in total. The highest BCUT2D eigenvalue weighted by atomic mass is 16.6. The fraction of sp³-hybridized carbons (Fsp3) is 0.690. The zero-order valence-corrected chi connectivity index (χ0v) is 23.6. The van der Waals surface area contributed by atoms with Crippen LogP contribution in [0.5, 0.6) is 0 Å². The summed E-state index contributed by atoms with van der Waals surface area (Å²) >= 11 is 0. The molecule has 11 nitrogen and oxygen atoms in total. The van der Waals surface area contributed by atoms with Gasteiger partial charge in [-0.3, -0.25) is 19.2 Å². The number of hydrogen-bond donors (Lipinski definition) is 2. The maximum absolute atomic E-state index is 13.7. The number of carbonyl (C=O) groups is 5. The number of aliphatic hydroxyl groups excluding tert-OH is 1. The number of carbonyl (C=O) groups excluding carboxylic acids is 5. The third kappa shape index (κ3) is 5.14. The second-order valence-electron chi connectivity index (χ2n) is 12.2. The SMILES string of the molecule is COC(=O)C[C@](C)(CC[C@]1(O)C[C@]23OC(=O)C[C@H]2O[C@@](C)(CO)[C@@H]3CCC1=O)C(=O)[C@H](C)/C=C1/C=C(C)C(=O)O1. The Labute approximate surface area is 232 Å². The first kappa shape index (κ1) is 30.1. The fourth-order valence-electron chi connectivity index (χ4n) is 6.88. The Kier molecular flexibility index (Phi) is 7.90. The largest absolute Gasteiger partial charge is 0.469 e. The van der Waals surface area contributed by atoms with E-state index in [9.17, 15) is 34.2 Å². The van der Waals surface area contributed by atoms with Gasteiger partial charge in [0, 0.05) is 35.7 Å². The van der Waals surface area contributed by atoms with Gasteiger partial charge in [-0.15, -0.1) is 0 Å². The van der Waals surface area contributed by atoms with Crippen LogP contribution < -0.4 is 0 Å². The Morgan fingerprint density at radius 3 is 2.60 bits per heavy atom. The number of rotatable bonds is 9. The smallest absolute Gasteiger partial charge is 0.339 e. The van der Waals surface area contributed by atoms with Gasteiger partial charge in [0.05, 0.1) is 32.2 Å². The summed E-state index contributed by atoms with van der Waals surface area (Å²) in [4.78, 5) is 63.6. The van der Waals surface area contributed by atoms with Gasteiger partial charge in [-0.25, -0.2) is 4.79 Å². The van der Waals surface area contributed by atoms with E-state index in [-0.39, 0.29) is 63.1 Å². The molecule has 7 atom stereocenters. The molecule has 3 fully saturated rings. The predicted octanol–water partition coefficient (Wildman–Crippen LogP) is 1.86. The van der Waals surface area contributed by atoms with Crippen LogP contribution in [0.4, 0.5) is 0 Å². The first-order valence-electron chi connectivity index (χ1n) is 13.6. The molecule has 1 spiro atoms. The molecular formula is C29H38O11. The summed E-state index contributed by atoms with van der Waals surface area (Å²) in [6.45, 7) is 6.15. The van der Waals surface area contributed by atoms with Gasteiger partial charge in [0.1, 0.15) is 28.8 Å². The summed E-state index contributed by atoms with van der Waals surface area (Å²) in [6.07, 6.45) is 1.66. The highest BCUT2D eigenvalue weighted by Crippen LogP contribution is 2.57. The number of methoxy groups -OCH3 is 1. The molecule has 0 amide bonds. The Hall–Kier alpha value is -2.89. The van der Waals surface area contributed by atoms with E-state index in [0.29, 0.717) is 5.57 Å². The van der Waals surface area contributed by atoms with Gasteiger partial charge in [-0.2, -0.15) is 0 Å². The van der Waals surface area contributed by atoms with Crippen LogP contribution >= 0.6 is 0 Å². The number of aliphatic hydroxyl groups is 2. The van der Waals surface area contributed by atoms with Crippen molar-refractivity contribution in [2.75, 3.05) is 13.7 Å². The van der Waals surface area contributed by atoms with Crippen LogP contribution in [0.2, 0.25) is 0 Å². The summed E-state index contributed by atoms with van der Waals surface area (Å²) < 4.78 is 21.9. The van der Waals surface area contributed by atoms with E-state index >= 15 is 0 Å². The fourth-order valence-corrected chi connectivity index (χ4v) is 6.88. The van der Waals surface area contributed by atoms with Crippen LogP contribution in [0.25, 0.3) is 0 Å². The summed E-state index contributed by atoms with van der Waals surface area (Å²) in [7, 11) is 1.21. The van der Waals surface area contributed by atoms with Crippen molar-refractivity contribution in [1.29, 1.82) is 0 Å². The highest BCUT2D eigenvalue weighted by molar-refractivity contribution is 5.94. The van der Waals surface area contributed by atoms with Crippen molar-refractivity contribution in [3.63, 3.8) is 0 Å². The molecule has 2 saturated heterocycles.